The van der Waals surface area contributed by atoms with Crippen molar-refractivity contribution in [1.29, 1.82) is 0 Å². The van der Waals surface area contributed by atoms with Gasteiger partial charge >= 0.3 is 5.97 Å². The first kappa shape index (κ1) is 12.9. The summed E-state index contributed by atoms with van der Waals surface area (Å²) in [5.41, 5.74) is 3.80. The molecule has 1 aliphatic carbocycles. The summed E-state index contributed by atoms with van der Waals surface area (Å²) in [5.74, 6) is -0.0840. The summed E-state index contributed by atoms with van der Waals surface area (Å²) in [6.45, 7) is 0. The summed E-state index contributed by atoms with van der Waals surface area (Å²) in [5, 5.41) is 0. The minimum atomic E-state index is -0.103. The lowest BCUT2D eigenvalue weighted by Gasteiger charge is -2.32. The van der Waals surface area contributed by atoms with Crippen molar-refractivity contribution in [2.24, 2.45) is 5.92 Å². The highest BCUT2D eigenvalue weighted by atomic mass is 16.5. The molecule has 0 amide bonds. The number of carbonyl (C=O) groups excluding carboxylic acids is 1. The number of methoxy groups -OCH3 is 1. The molecule has 2 atom stereocenters. The molecule has 0 N–H and O–H groups in total. The van der Waals surface area contributed by atoms with Crippen molar-refractivity contribution < 1.29 is 9.53 Å². The van der Waals surface area contributed by atoms with Gasteiger partial charge in [0.1, 0.15) is 0 Å². The van der Waals surface area contributed by atoms with Gasteiger partial charge in [-0.15, -0.1) is 0 Å². The Morgan fingerprint density at radius 2 is 1.75 bits per heavy atom. The smallest absolute Gasteiger partial charge is 0.309 e. The Balaban J connectivity index is 2.10. The van der Waals surface area contributed by atoms with Crippen molar-refractivity contribution in [3.63, 3.8) is 0 Å². The van der Waals surface area contributed by atoms with E-state index < -0.39 is 0 Å². The molecule has 2 nitrogen and oxygen atoms in total. The Labute approximate surface area is 119 Å². The van der Waals surface area contributed by atoms with Crippen LogP contribution in [-0.4, -0.2) is 13.1 Å². The first-order chi connectivity index (χ1) is 9.81. The number of rotatable bonds is 2. The first-order valence-corrected chi connectivity index (χ1v) is 7.02. The average Bonchev–Trinajstić information content (AvgIpc) is 2.53. The van der Waals surface area contributed by atoms with E-state index in [2.05, 4.69) is 36.4 Å². The zero-order valence-corrected chi connectivity index (χ0v) is 11.6. The van der Waals surface area contributed by atoms with E-state index in [1.807, 2.05) is 18.2 Å². The van der Waals surface area contributed by atoms with Gasteiger partial charge in [0.2, 0.25) is 0 Å². The fraction of sp³-hybridized carbons (Fsp3) is 0.278. The standard InChI is InChI=1S/C18H18O2/c1-20-18(19)16-12-11-13-7-5-6-10-15(13)17(16)14-8-3-2-4-9-14/h2-10,16-17H,11-12H2,1H3/t16-,17+/m1/s1. The Kier molecular flexibility index (Phi) is 3.55. The number of benzene rings is 2. The second kappa shape index (κ2) is 5.49. The topological polar surface area (TPSA) is 26.3 Å². The van der Waals surface area contributed by atoms with Crippen molar-refractivity contribution in [2.75, 3.05) is 7.11 Å². The number of fused-ring (bicyclic) bond motifs is 1. The molecule has 0 heterocycles. The van der Waals surface area contributed by atoms with Crippen LogP contribution >= 0.6 is 0 Å². The van der Waals surface area contributed by atoms with Crippen LogP contribution < -0.4 is 0 Å². The van der Waals surface area contributed by atoms with Crippen LogP contribution in [0.3, 0.4) is 0 Å². The molecule has 2 heteroatoms. The van der Waals surface area contributed by atoms with Crippen LogP contribution in [0.4, 0.5) is 0 Å². The lowest BCUT2D eigenvalue weighted by Crippen LogP contribution is -2.29. The molecule has 0 fully saturated rings. The third kappa shape index (κ3) is 2.22. The van der Waals surface area contributed by atoms with Crippen molar-refractivity contribution in [1.82, 2.24) is 0 Å². The van der Waals surface area contributed by atoms with Crippen LogP contribution in [0.25, 0.3) is 0 Å². The molecule has 0 aliphatic heterocycles. The van der Waals surface area contributed by atoms with Crippen molar-refractivity contribution in [3.8, 4) is 0 Å². The number of esters is 1. The Bertz CT molecular complexity index is 604. The van der Waals surface area contributed by atoms with Crippen LogP contribution in [0.15, 0.2) is 54.6 Å². The first-order valence-electron chi connectivity index (χ1n) is 7.02. The second-order valence-corrected chi connectivity index (χ2v) is 5.26. The molecule has 0 saturated heterocycles. The van der Waals surface area contributed by atoms with Gasteiger partial charge in [0, 0.05) is 5.92 Å². The van der Waals surface area contributed by atoms with Gasteiger partial charge < -0.3 is 4.74 Å². The van der Waals surface area contributed by atoms with E-state index >= 15 is 0 Å². The maximum atomic E-state index is 12.1. The number of hydrogen-bond donors (Lipinski definition) is 0. The molecule has 3 rings (SSSR count). The van der Waals surface area contributed by atoms with Crippen molar-refractivity contribution in [3.05, 3.63) is 71.3 Å². The van der Waals surface area contributed by atoms with Crippen LogP contribution in [0.2, 0.25) is 0 Å². The molecular formula is C18H18O2. The summed E-state index contributed by atoms with van der Waals surface area (Å²) in [4.78, 5) is 12.1. The summed E-state index contributed by atoms with van der Waals surface area (Å²) >= 11 is 0. The highest BCUT2D eigenvalue weighted by Crippen LogP contribution is 2.41. The number of aryl methyl sites for hydroxylation is 1. The maximum absolute atomic E-state index is 12.1. The molecule has 0 radical (unpaired) electrons. The van der Waals surface area contributed by atoms with E-state index in [1.54, 1.807) is 0 Å². The molecule has 0 unspecified atom stereocenters. The van der Waals surface area contributed by atoms with Crippen molar-refractivity contribution >= 4 is 5.97 Å². The van der Waals surface area contributed by atoms with Gasteiger partial charge in [-0.2, -0.15) is 0 Å². The van der Waals surface area contributed by atoms with E-state index in [4.69, 9.17) is 4.74 Å². The predicted octanol–water partition coefficient (Wildman–Crippen LogP) is 3.55. The SMILES string of the molecule is COC(=O)[C@@H]1CCc2ccccc2[C@@H]1c1ccccc1. The Hall–Kier alpha value is -2.09. The quantitative estimate of drug-likeness (QED) is 0.777. The van der Waals surface area contributed by atoms with E-state index in [0.29, 0.717) is 0 Å². The molecule has 102 valence electrons. The number of ether oxygens (including phenoxy) is 1. The summed E-state index contributed by atoms with van der Waals surface area (Å²) in [7, 11) is 1.48. The molecule has 2 aromatic rings. The van der Waals surface area contributed by atoms with Crippen LogP contribution in [0.1, 0.15) is 29.0 Å². The highest BCUT2D eigenvalue weighted by molar-refractivity contribution is 5.75. The maximum Gasteiger partial charge on any atom is 0.309 e. The third-order valence-corrected chi connectivity index (χ3v) is 4.18. The lowest BCUT2D eigenvalue weighted by molar-refractivity contribution is -0.146. The number of hydrogen-bond acceptors (Lipinski definition) is 2. The monoisotopic (exact) mass is 266 g/mol. The molecule has 0 aromatic heterocycles. The molecule has 20 heavy (non-hydrogen) atoms. The minimum absolute atomic E-state index is 0.0858. The fourth-order valence-electron chi connectivity index (χ4n) is 3.24. The lowest BCUT2D eigenvalue weighted by atomic mass is 9.72. The van der Waals surface area contributed by atoms with Crippen molar-refractivity contribution in [2.45, 2.75) is 18.8 Å². The van der Waals surface area contributed by atoms with Gasteiger partial charge in [-0.25, -0.2) is 0 Å². The Morgan fingerprint density at radius 3 is 2.50 bits per heavy atom. The summed E-state index contributed by atoms with van der Waals surface area (Å²) in [6.07, 6.45) is 1.79. The van der Waals surface area contributed by atoms with E-state index in [9.17, 15) is 4.79 Å². The van der Waals surface area contributed by atoms with Gasteiger partial charge in [0.25, 0.3) is 0 Å². The average molecular weight is 266 g/mol. The molecule has 0 spiro atoms. The Morgan fingerprint density at radius 1 is 1.05 bits per heavy atom. The highest BCUT2D eigenvalue weighted by Gasteiger charge is 2.35. The van der Waals surface area contributed by atoms with E-state index in [-0.39, 0.29) is 17.8 Å². The summed E-state index contributed by atoms with van der Waals surface area (Å²) < 4.78 is 5.02. The largest absolute Gasteiger partial charge is 0.469 e. The van der Waals surface area contributed by atoms with Crippen LogP contribution in [0.5, 0.6) is 0 Å². The second-order valence-electron chi connectivity index (χ2n) is 5.26. The number of carbonyl (C=O) groups is 1. The molecular weight excluding hydrogens is 248 g/mol. The van der Waals surface area contributed by atoms with Crippen LogP contribution in [0, 0.1) is 5.92 Å². The zero-order valence-electron chi connectivity index (χ0n) is 11.6. The van der Waals surface area contributed by atoms with Gasteiger partial charge in [0.05, 0.1) is 13.0 Å². The fourth-order valence-corrected chi connectivity index (χ4v) is 3.24. The van der Waals surface area contributed by atoms with Gasteiger partial charge in [-0.3, -0.25) is 4.79 Å². The normalized spacial score (nSPS) is 21.1. The zero-order chi connectivity index (χ0) is 13.9. The van der Waals surface area contributed by atoms with E-state index in [0.717, 1.165) is 12.8 Å². The van der Waals surface area contributed by atoms with E-state index in [1.165, 1.54) is 23.8 Å². The molecule has 0 bridgehead atoms. The predicted molar refractivity (Wildman–Crippen MR) is 78.6 cm³/mol. The third-order valence-electron chi connectivity index (χ3n) is 4.18. The van der Waals surface area contributed by atoms with Gasteiger partial charge in [-0.1, -0.05) is 54.6 Å². The van der Waals surface area contributed by atoms with Gasteiger partial charge in [0.15, 0.2) is 0 Å². The molecule has 1 aliphatic rings. The summed E-state index contributed by atoms with van der Waals surface area (Å²) in [6, 6.07) is 18.7. The molecule has 2 aromatic carbocycles. The van der Waals surface area contributed by atoms with Crippen LogP contribution in [-0.2, 0) is 16.0 Å². The molecule has 0 saturated carbocycles. The van der Waals surface area contributed by atoms with Gasteiger partial charge in [-0.05, 0) is 29.5 Å². The minimum Gasteiger partial charge on any atom is -0.469 e.